The molecule has 0 aromatic heterocycles. The molecule has 1 N–H and O–H groups in total. The van der Waals surface area contributed by atoms with Crippen LogP contribution in [0.25, 0.3) is 0 Å². The van der Waals surface area contributed by atoms with Crippen LogP contribution < -0.4 is 0 Å². The summed E-state index contributed by atoms with van der Waals surface area (Å²) in [6.07, 6.45) is -11.7. The zero-order valence-electron chi connectivity index (χ0n) is 13.7. The Labute approximate surface area is 132 Å². The second kappa shape index (κ2) is 5.27. The predicted octanol–water partition coefficient (Wildman–Crippen LogP) is 5.19. The number of fused-ring (bicyclic) bond motifs is 2. The molecule has 5 atom stereocenters. The molecule has 0 spiro atoms. The normalized spacial score (nSPS) is 35.9. The average molecular weight is 346 g/mol. The van der Waals surface area contributed by atoms with E-state index in [9.17, 15) is 31.4 Å². The van der Waals surface area contributed by atoms with Gasteiger partial charge in [0.2, 0.25) is 0 Å². The zero-order chi connectivity index (χ0) is 18.0. The number of rotatable bonds is 2. The molecule has 136 valence electrons. The predicted molar refractivity (Wildman–Crippen MR) is 73.5 cm³/mol. The Morgan fingerprint density at radius 1 is 0.913 bits per heavy atom. The van der Waals surface area contributed by atoms with Gasteiger partial charge in [-0.25, -0.2) is 0 Å². The van der Waals surface area contributed by atoms with Gasteiger partial charge in [-0.1, -0.05) is 27.7 Å². The first-order valence-corrected chi connectivity index (χ1v) is 7.95. The molecule has 1 nitrogen and oxygen atoms in total. The fourth-order valence-electron chi connectivity index (χ4n) is 5.34. The van der Waals surface area contributed by atoms with E-state index in [1.54, 1.807) is 0 Å². The Balaban J connectivity index is 2.21. The summed E-state index contributed by atoms with van der Waals surface area (Å²) in [6, 6.07) is 0. The highest BCUT2D eigenvalue weighted by atomic mass is 19.4. The molecule has 0 aromatic carbocycles. The second-order valence-corrected chi connectivity index (χ2v) is 8.47. The van der Waals surface area contributed by atoms with Crippen molar-refractivity contribution in [3.05, 3.63) is 0 Å². The molecule has 2 rings (SSSR count). The zero-order valence-corrected chi connectivity index (χ0v) is 13.7. The third-order valence-corrected chi connectivity index (χ3v) is 6.03. The van der Waals surface area contributed by atoms with Gasteiger partial charge in [0.15, 0.2) is 0 Å². The molecule has 0 aliphatic heterocycles. The molecule has 2 aliphatic rings. The highest BCUT2D eigenvalue weighted by Gasteiger charge is 2.71. The van der Waals surface area contributed by atoms with Crippen molar-refractivity contribution in [1.82, 2.24) is 0 Å². The van der Waals surface area contributed by atoms with Gasteiger partial charge in [-0.15, -0.1) is 0 Å². The van der Waals surface area contributed by atoms with Crippen molar-refractivity contribution in [3.63, 3.8) is 0 Å². The number of hydrogen-bond acceptors (Lipinski definition) is 1. The maximum Gasteiger partial charge on any atom is 0.426 e. The summed E-state index contributed by atoms with van der Waals surface area (Å²) in [6.45, 7) is 8.11. The summed E-state index contributed by atoms with van der Waals surface area (Å²) in [5.74, 6) is -0.397. The molecule has 23 heavy (non-hydrogen) atoms. The lowest BCUT2D eigenvalue weighted by molar-refractivity contribution is -0.373. The molecule has 0 saturated heterocycles. The molecule has 0 amide bonds. The molecule has 0 aromatic rings. The van der Waals surface area contributed by atoms with E-state index in [-0.39, 0.29) is 23.2 Å². The smallest absolute Gasteiger partial charge is 0.374 e. The van der Waals surface area contributed by atoms with E-state index >= 15 is 0 Å². The van der Waals surface area contributed by atoms with Crippen molar-refractivity contribution in [2.45, 2.75) is 64.9 Å². The molecule has 2 aliphatic carbocycles. The van der Waals surface area contributed by atoms with E-state index in [0.29, 0.717) is 18.8 Å². The van der Waals surface area contributed by atoms with Crippen molar-refractivity contribution in [2.75, 3.05) is 0 Å². The Morgan fingerprint density at radius 2 is 1.39 bits per heavy atom. The van der Waals surface area contributed by atoms with Gasteiger partial charge < -0.3 is 5.11 Å². The summed E-state index contributed by atoms with van der Waals surface area (Å²) >= 11 is 0. The number of alkyl halides is 6. The molecular weight excluding hydrogens is 322 g/mol. The molecule has 2 bridgehead atoms. The maximum atomic E-state index is 12.9. The average Bonchev–Trinajstić information content (AvgIpc) is 2.80. The minimum absolute atomic E-state index is 0.0197. The lowest BCUT2D eigenvalue weighted by Crippen LogP contribution is -2.58. The van der Waals surface area contributed by atoms with Crippen LogP contribution in [0.1, 0.15) is 47.0 Å². The first kappa shape index (κ1) is 18.9. The largest absolute Gasteiger partial charge is 0.426 e. The first-order valence-electron chi connectivity index (χ1n) is 7.95. The van der Waals surface area contributed by atoms with E-state index in [0.717, 1.165) is 0 Å². The summed E-state index contributed by atoms with van der Waals surface area (Å²) < 4.78 is 77.3. The number of hydrogen-bond donors (Lipinski definition) is 1. The van der Waals surface area contributed by atoms with E-state index in [2.05, 4.69) is 20.8 Å². The summed E-state index contributed by atoms with van der Waals surface area (Å²) in [5, 5.41) is 9.43. The fourth-order valence-corrected chi connectivity index (χ4v) is 5.34. The van der Waals surface area contributed by atoms with Gasteiger partial charge in [0.25, 0.3) is 5.60 Å². The first-order chi connectivity index (χ1) is 10.1. The molecule has 0 radical (unpaired) electrons. The topological polar surface area (TPSA) is 20.2 Å². The fraction of sp³-hybridized carbons (Fsp3) is 1.00. The second-order valence-electron chi connectivity index (χ2n) is 8.47. The van der Waals surface area contributed by atoms with Gasteiger partial charge in [-0.05, 0) is 54.3 Å². The van der Waals surface area contributed by atoms with E-state index in [1.165, 1.54) is 0 Å². The van der Waals surface area contributed by atoms with Crippen LogP contribution in [0.5, 0.6) is 0 Å². The maximum absolute atomic E-state index is 12.9. The minimum atomic E-state index is -5.71. The van der Waals surface area contributed by atoms with Crippen molar-refractivity contribution in [3.8, 4) is 0 Å². The third kappa shape index (κ3) is 2.98. The van der Waals surface area contributed by atoms with Crippen molar-refractivity contribution >= 4 is 0 Å². The van der Waals surface area contributed by atoms with Crippen molar-refractivity contribution in [2.24, 2.45) is 35.0 Å². The summed E-state index contributed by atoms with van der Waals surface area (Å²) in [5.41, 5.74) is -4.62. The highest BCUT2D eigenvalue weighted by Crippen LogP contribution is 2.62. The summed E-state index contributed by atoms with van der Waals surface area (Å²) in [4.78, 5) is 0. The Kier molecular flexibility index (Phi) is 4.32. The van der Waals surface area contributed by atoms with Gasteiger partial charge in [-0.2, -0.15) is 26.3 Å². The van der Waals surface area contributed by atoms with Crippen LogP contribution in [0.2, 0.25) is 0 Å². The van der Waals surface area contributed by atoms with Gasteiger partial charge in [-0.3, -0.25) is 0 Å². The quantitative estimate of drug-likeness (QED) is 0.683. The van der Waals surface area contributed by atoms with Crippen molar-refractivity contribution < 1.29 is 31.4 Å². The number of halogens is 6. The van der Waals surface area contributed by atoms with E-state index in [4.69, 9.17) is 0 Å². The molecule has 7 heteroatoms. The Morgan fingerprint density at radius 3 is 1.74 bits per heavy atom. The van der Waals surface area contributed by atoms with Gasteiger partial charge >= 0.3 is 12.4 Å². The highest BCUT2D eigenvalue weighted by molar-refractivity contribution is 5.06. The number of aliphatic hydroxyl groups is 1. The molecule has 2 fully saturated rings. The lowest BCUT2D eigenvalue weighted by Gasteiger charge is -2.43. The Bertz CT molecular complexity index is 431. The van der Waals surface area contributed by atoms with E-state index in [1.807, 2.05) is 6.92 Å². The van der Waals surface area contributed by atoms with Crippen LogP contribution in [0.3, 0.4) is 0 Å². The van der Waals surface area contributed by atoms with Crippen LogP contribution >= 0.6 is 0 Å². The Hall–Kier alpha value is -0.460. The molecular formula is C16H24F6O. The van der Waals surface area contributed by atoms with Crippen LogP contribution in [0.4, 0.5) is 26.3 Å². The van der Waals surface area contributed by atoms with Gasteiger partial charge in [0, 0.05) is 0 Å². The van der Waals surface area contributed by atoms with Crippen LogP contribution in [0, 0.1) is 35.0 Å². The van der Waals surface area contributed by atoms with Gasteiger partial charge in [0.05, 0.1) is 0 Å². The lowest BCUT2D eigenvalue weighted by atomic mass is 9.63. The standard InChI is InChI=1S/C16H24F6O/c1-8-11-6-9(12(8)13(2,3)4)5-10(11)7-14(23,15(17,18)19)16(20,21)22/h8-12,23H,5-7H2,1-4H3. The molecule has 2 saturated carbocycles. The monoisotopic (exact) mass is 346 g/mol. The van der Waals surface area contributed by atoms with Crippen LogP contribution in [-0.2, 0) is 0 Å². The van der Waals surface area contributed by atoms with Gasteiger partial charge in [0.1, 0.15) is 0 Å². The minimum Gasteiger partial charge on any atom is -0.374 e. The van der Waals surface area contributed by atoms with Crippen LogP contribution in [-0.4, -0.2) is 23.1 Å². The van der Waals surface area contributed by atoms with Crippen molar-refractivity contribution in [1.29, 1.82) is 0 Å². The third-order valence-electron chi connectivity index (χ3n) is 6.03. The SMILES string of the molecule is CC1C2CC(CC2CC(O)(C(F)(F)F)C(F)(F)F)C1C(C)(C)C. The van der Waals surface area contributed by atoms with E-state index < -0.39 is 30.3 Å². The summed E-state index contributed by atoms with van der Waals surface area (Å²) in [7, 11) is 0. The molecule has 5 unspecified atom stereocenters. The molecule has 0 heterocycles. The van der Waals surface area contributed by atoms with Crippen LogP contribution in [0.15, 0.2) is 0 Å².